The molecule has 0 aromatic heterocycles. The molecule has 6 heteroatoms. The molecule has 0 aliphatic heterocycles. The van der Waals surface area contributed by atoms with E-state index in [4.69, 9.17) is 4.74 Å². The summed E-state index contributed by atoms with van der Waals surface area (Å²) in [5, 5.41) is 14.5. The zero-order chi connectivity index (χ0) is 16.1. The lowest BCUT2D eigenvalue weighted by atomic mass is 10.2. The summed E-state index contributed by atoms with van der Waals surface area (Å²) in [5.74, 6) is -1.24. The SMILES string of the molecule is COc1cccc(NC(=O)C(=O)Nc2ccc(C)cc2O)c1. The minimum Gasteiger partial charge on any atom is -0.506 e. The van der Waals surface area contributed by atoms with Gasteiger partial charge in [0.1, 0.15) is 11.5 Å². The Morgan fingerprint density at radius 1 is 1.05 bits per heavy atom. The van der Waals surface area contributed by atoms with Crippen molar-refractivity contribution in [1.29, 1.82) is 0 Å². The zero-order valence-corrected chi connectivity index (χ0v) is 12.2. The second kappa shape index (κ2) is 6.62. The van der Waals surface area contributed by atoms with E-state index in [1.54, 1.807) is 37.3 Å². The first kappa shape index (κ1) is 15.4. The van der Waals surface area contributed by atoms with Crippen LogP contribution < -0.4 is 15.4 Å². The average molecular weight is 300 g/mol. The molecule has 0 fully saturated rings. The summed E-state index contributed by atoms with van der Waals surface area (Å²) in [6, 6.07) is 11.4. The number of benzene rings is 2. The largest absolute Gasteiger partial charge is 0.506 e. The smallest absolute Gasteiger partial charge is 0.314 e. The predicted molar refractivity (Wildman–Crippen MR) is 83.1 cm³/mol. The molecule has 2 rings (SSSR count). The fourth-order valence-corrected chi connectivity index (χ4v) is 1.82. The predicted octanol–water partition coefficient (Wildman–Crippen LogP) is 2.29. The molecule has 0 saturated heterocycles. The number of carbonyl (C=O) groups excluding carboxylic acids is 2. The van der Waals surface area contributed by atoms with Gasteiger partial charge in [-0.25, -0.2) is 0 Å². The van der Waals surface area contributed by atoms with Crippen molar-refractivity contribution in [3.8, 4) is 11.5 Å². The molecule has 6 nitrogen and oxygen atoms in total. The number of amides is 2. The van der Waals surface area contributed by atoms with E-state index in [0.717, 1.165) is 5.56 Å². The van der Waals surface area contributed by atoms with Gasteiger partial charge in [0.2, 0.25) is 0 Å². The molecular weight excluding hydrogens is 284 g/mol. The highest BCUT2D eigenvalue weighted by Crippen LogP contribution is 2.24. The summed E-state index contributed by atoms with van der Waals surface area (Å²) in [4.78, 5) is 23.7. The van der Waals surface area contributed by atoms with Crippen LogP contribution in [0.25, 0.3) is 0 Å². The summed E-state index contributed by atoms with van der Waals surface area (Å²) in [6.07, 6.45) is 0. The maximum Gasteiger partial charge on any atom is 0.314 e. The second-order valence-electron chi connectivity index (χ2n) is 4.66. The van der Waals surface area contributed by atoms with Crippen molar-refractivity contribution in [2.45, 2.75) is 6.92 Å². The number of aromatic hydroxyl groups is 1. The number of nitrogens with one attached hydrogen (secondary N) is 2. The van der Waals surface area contributed by atoms with Gasteiger partial charge < -0.3 is 20.5 Å². The van der Waals surface area contributed by atoms with Crippen LogP contribution in [0.2, 0.25) is 0 Å². The molecule has 3 N–H and O–H groups in total. The Morgan fingerprint density at radius 3 is 2.45 bits per heavy atom. The van der Waals surface area contributed by atoms with Crippen molar-refractivity contribution >= 4 is 23.2 Å². The van der Waals surface area contributed by atoms with Crippen molar-refractivity contribution < 1.29 is 19.4 Å². The van der Waals surface area contributed by atoms with Crippen LogP contribution in [0.3, 0.4) is 0 Å². The van der Waals surface area contributed by atoms with Gasteiger partial charge in [0.25, 0.3) is 0 Å². The van der Waals surface area contributed by atoms with Gasteiger partial charge in [-0.2, -0.15) is 0 Å². The maximum absolute atomic E-state index is 11.8. The van der Waals surface area contributed by atoms with E-state index >= 15 is 0 Å². The Balaban J connectivity index is 2.04. The maximum atomic E-state index is 11.8. The highest BCUT2D eigenvalue weighted by atomic mass is 16.5. The first-order chi connectivity index (χ1) is 10.5. The van der Waals surface area contributed by atoms with Gasteiger partial charge in [-0.3, -0.25) is 9.59 Å². The fourth-order valence-electron chi connectivity index (χ4n) is 1.82. The van der Waals surface area contributed by atoms with Crippen molar-refractivity contribution in [1.82, 2.24) is 0 Å². The Hall–Kier alpha value is -3.02. The van der Waals surface area contributed by atoms with Crippen molar-refractivity contribution in [2.24, 2.45) is 0 Å². The topological polar surface area (TPSA) is 87.7 Å². The molecule has 2 aromatic carbocycles. The van der Waals surface area contributed by atoms with Crippen LogP contribution in [-0.4, -0.2) is 24.0 Å². The summed E-state index contributed by atoms with van der Waals surface area (Å²) in [6.45, 7) is 1.81. The normalized spacial score (nSPS) is 9.91. The van der Waals surface area contributed by atoms with E-state index in [0.29, 0.717) is 11.4 Å². The summed E-state index contributed by atoms with van der Waals surface area (Å²) >= 11 is 0. The van der Waals surface area contributed by atoms with Gasteiger partial charge in [-0.15, -0.1) is 0 Å². The van der Waals surface area contributed by atoms with Crippen LogP contribution in [0.1, 0.15) is 5.56 Å². The lowest BCUT2D eigenvalue weighted by Gasteiger charge is -2.09. The van der Waals surface area contributed by atoms with E-state index in [2.05, 4.69) is 10.6 Å². The summed E-state index contributed by atoms with van der Waals surface area (Å²) in [5.41, 5.74) is 1.46. The molecule has 22 heavy (non-hydrogen) atoms. The first-order valence-electron chi connectivity index (χ1n) is 6.55. The molecule has 114 valence electrons. The quantitative estimate of drug-likeness (QED) is 0.599. The highest BCUT2D eigenvalue weighted by molar-refractivity contribution is 6.43. The van der Waals surface area contributed by atoms with E-state index in [9.17, 15) is 14.7 Å². The molecule has 0 atom stereocenters. The lowest BCUT2D eigenvalue weighted by molar-refractivity contribution is -0.133. The van der Waals surface area contributed by atoms with Gasteiger partial charge in [-0.05, 0) is 36.8 Å². The van der Waals surface area contributed by atoms with E-state index < -0.39 is 11.8 Å². The van der Waals surface area contributed by atoms with Crippen molar-refractivity contribution in [3.63, 3.8) is 0 Å². The first-order valence-corrected chi connectivity index (χ1v) is 6.55. The fraction of sp³-hybridized carbons (Fsp3) is 0.125. The lowest BCUT2D eigenvalue weighted by Crippen LogP contribution is -2.29. The number of hydrogen-bond donors (Lipinski definition) is 3. The van der Waals surface area contributed by atoms with Gasteiger partial charge in [0, 0.05) is 11.8 Å². The second-order valence-corrected chi connectivity index (χ2v) is 4.66. The molecule has 0 saturated carbocycles. The van der Waals surface area contributed by atoms with Gasteiger partial charge in [0.15, 0.2) is 0 Å². The van der Waals surface area contributed by atoms with Gasteiger partial charge in [0.05, 0.1) is 12.8 Å². The molecule has 0 radical (unpaired) electrons. The molecule has 2 amide bonds. The van der Waals surface area contributed by atoms with Gasteiger partial charge >= 0.3 is 11.8 Å². The summed E-state index contributed by atoms with van der Waals surface area (Å²) in [7, 11) is 1.51. The van der Waals surface area contributed by atoms with Crippen LogP contribution in [0, 0.1) is 6.92 Å². The van der Waals surface area contributed by atoms with Crippen LogP contribution in [-0.2, 0) is 9.59 Å². The Labute approximate surface area is 127 Å². The van der Waals surface area contributed by atoms with E-state index in [-0.39, 0.29) is 11.4 Å². The number of carbonyl (C=O) groups is 2. The third kappa shape index (κ3) is 3.76. The number of hydrogen-bond acceptors (Lipinski definition) is 4. The molecule has 2 aromatic rings. The number of aryl methyl sites for hydroxylation is 1. The molecule has 0 bridgehead atoms. The van der Waals surface area contributed by atoms with Crippen LogP contribution in [0.4, 0.5) is 11.4 Å². The van der Waals surface area contributed by atoms with Crippen molar-refractivity contribution in [2.75, 3.05) is 17.7 Å². The minimum atomic E-state index is -0.873. The zero-order valence-electron chi connectivity index (χ0n) is 12.2. The van der Waals surface area contributed by atoms with E-state index in [1.807, 2.05) is 0 Å². The van der Waals surface area contributed by atoms with Crippen LogP contribution in [0.5, 0.6) is 11.5 Å². The molecule has 0 spiro atoms. The Bertz CT molecular complexity index is 713. The van der Waals surface area contributed by atoms with Crippen LogP contribution in [0.15, 0.2) is 42.5 Å². The highest BCUT2D eigenvalue weighted by Gasteiger charge is 2.15. The molecule has 0 aliphatic carbocycles. The molecule has 0 unspecified atom stereocenters. The average Bonchev–Trinajstić information content (AvgIpc) is 2.50. The molecule has 0 aliphatic rings. The monoisotopic (exact) mass is 300 g/mol. The number of anilines is 2. The Kier molecular flexibility index (Phi) is 4.63. The molecule has 0 heterocycles. The third-order valence-electron chi connectivity index (χ3n) is 2.94. The third-order valence-corrected chi connectivity index (χ3v) is 2.94. The standard InChI is InChI=1S/C16H16N2O4/c1-10-6-7-13(14(19)8-10)18-16(21)15(20)17-11-4-3-5-12(9-11)22-2/h3-9,19H,1-2H3,(H,17,20)(H,18,21). The number of phenolic OH excluding ortho intramolecular Hbond substituents is 1. The number of rotatable bonds is 3. The van der Waals surface area contributed by atoms with E-state index in [1.165, 1.54) is 19.2 Å². The minimum absolute atomic E-state index is 0.0949. The van der Waals surface area contributed by atoms with Crippen LogP contribution >= 0.6 is 0 Å². The molecular formula is C16H16N2O4. The van der Waals surface area contributed by atoms with Crippen molar-refractivity contribution in [3.05, 3.63) is 48.0 Å². The number of ether oxygens (including phenoxy) is 1. The van der Waals surface area contributed by atoms with Gasteiger partial charge in [-0.1, -0.05) is 12.1 Å². The number of phenols is 1. The number of methoxy groups -OCH3 is 1. The Morgan fingerprint density at radius 2 is 1.77 bits per heavy atom. The summed E-state index contributed by atoms with van der Waals surface area (Å²) < 4.78 is 5.03.